The summed E-state index contributed by atoms with van der Waals surface area (Å²) in [5.41, 5.74) is 1.77. The van der Waals surface area contributed by atoms with Crippen molar-refractivity contribution in [2.75, 3.05) is 5.32 Å². The number of imidazole rings is 1. The van der Waals surface area contributed by atoms with Gasteiger partial charge in [-0.1, -0.05) is 28.9 Å². The molecule has 2 N–H and O–H groups in total. The number of benzene rings is 1. The number of amides is 1. The summed E-state index contributed by atoms with van der Waals surface area (Å²) in [6, 6.07) is 10.8. The SMILES string of the molecule is CC(C)(c1ccc(C(=O)Nc2cn3cc(Cl)ccc3n2)cc1)c1nn[nH]n1. The maximum Gasteiger partial charge on any atom is 0.256 e. The lowest BCUT2D eigenvalue weighted by Gasteiger charge is -2.21. The van der Waals surface area contributed by atoms with Gasteiger partial charge in [-0.3, -0.25) is 4.79 Å². The number of H-pyrrole nitrogens is 1. The predicted molar refractivity (Wildman–Crippen MR) is 101 cm³/mol. The molecule has 1 amide bonds. The van der Waals surface area contributed by atoms with Crippen molar-refractivity contribution in [3.05, 3.63) is 70.8 Å². The van der Waals surface area contributed by atoms with E-state index in [0.717, 1.165) is 5.56 Å². The van der Waals surface area contributed by atoms with Crippen LogP contribution in [0.25, 0.3) is 5.65 Å². The van der Waals surface area contributed by atoms with Crippen LogP contribution in [-0.2, 0) is 5.41 Å². The number of halogens is 1. The Kier molecular flexibility index (Phi) is 4.12. The molecule has 136 valence electrons. The second-order valence-electron chi connectivity index (χ2n) is 6.63. The molecule has 27 heavy (non-hydrogen) atoms. The molecule has 0 radical (unpaired) electrons. The van der Waals surface area contributed by atoms with Crippen molar-refractivity contribution in [3.8, 4) is 0 Å². The van der Waals surface area contributed by atoms with Gasteiger partial charge in [0.1, 0.15) is 5.65 Å². The van der Waals surface area contributed by atoms with E-state index in [1.165, 1.54) is 0 Å². The number of hydrogen-bond donors (Lipinski definition) is 2. The van der Waals surface area contributed by atoms with Crippen LogP contribution >= 0.6 is 11.6 Å². The molecule has 3 heterocycles. The van der Waals surface area contributed by atoms with Crippen LogP contribution < -0.4 is 5.32 Å². The number of tetrazole rings is 1. The molecule has 0 bridgehead atoms. The van der Waals surface area contributed by atoms with Crippen molar-refractivity contribution < 1.29 is 4.79 Å². The van der Waals surface area contributed by atoms with Crippen LogP contribution in [0.2, 0.25) is 5.02 Å². The first-order valence-electron chi connectivity index (χ1n) is 8.23. The summed E-state index contributed by atoms with van der Waals surface area (Å²) in [5.74, 6) is 0.801. The molecule has 0 unspecified atom stereocenters. The van der Waals surface area contributed by atoms with Crippen molar-refractivity contribution in [1.29, 1.82) is 0 Å². The number of pyridine rings is 1. The van der Waals surface area contributed by atoms with E-state index in [0.29, 0.717) is 27.9 Å². The number of aromatic amines is 1. The zero-order valence-corrected chi connectivity index (χ0v) is 15.4. The average Bonchev–Trinajstić information content (AvgIpc) is 3.31. The maximum atomic E-state index is 12.5. The molecule has 0 aliphatic carbocycles. The molecule has 4 aromatic rings. The predicted octanol–water partition coefficient (Wildman–Crippen LogP) is 3.08. The Morgan fingerprint density at radius 2 is 1.93 bits per heavy atom. The van der Waals surface area contributed by atoms with Crippen molar-refractivity contribution in [3.63, 3.8) is 0 Å². The fourth-order valence-electron chi connectivity index (χ4n) is 2.81. The molecular weight excluding hydrogens is 366 g/mol. The summed E-state index contributed by atoms with van der Waals surface area (Å²) in [6.45, 7) is 3.99. The van der Waals surface area contributed by atoms with Gasteiger partial charge in [0.15, 0.2) is 11.6 Å². The Balaban J connectivity index is 1.53. The van der Waals surface area contributed by atoms with Gasteiger partial charge in [0.05, 0.1) is 16.6 Å². The molecule has 0 spiro atoms. The zero-order valence-electron chi connectivity index (χ0n) is 14.6. The maximum absolute atomic E-state index is 12.5. The van der Waals surface area contributed by atoms with Crippen LogP contribution in [-0.4, -0.2) is 35.9 Å². The van der Waals surface area contributed by atoms with Crippen LogP contribution in [0.4, 0.5) is 5.82 Å². The lowest BCUT2D eigenvalue weighted by Crippen LogP contribution is -2.21. The van der Waals surface area contributed by atoms with Crippen LogP contribution in [0, 0.1) is 0 Å². The average molecular weight is 382 g/mol. The van der Waals surface area contributed by atoms with Crippen LogP contribution in [0.1, 0.15) is 35.6 Å². The molecule has 0 saturated heterocycles. The van der Waals surface area contributed by atoms with Crippen molar-refractivity contribution in [2.24, 2.45) is 0 Å². The second-order valence-corrected chi connectivity index (χ2v) is 7.07. The molecule has 3 aromatic heterocycles. The van der Waals surface area contributed by atoms with Gasteiger partial charge in [0.25, 0.3) is 5.91 Å². The molecule has 9 heteroatoms. The highest BCUT2D eigenvalue weighted by atomic mass is 35.5. The first kappa shape index (κ1) is 17.2. The number of hydrogen-bond acceptors (Lipinski definition) is 5. The molecule has 4 rings (SSSR count). The van der Waals surface area contributed by atoms with E-state index in [-0.39, 0.29) is 5.91 Å². The Hall–Kier alpha value is -3.26. The van der Waals surface area contributed by atoms with Crippen LogP contribution in [0.15, 0.2) is 48.8 Å². The van der Waals surface area contributed by atoms with E-state index >= 15 is 0 Å². The third-order valence-corrected chi connectivity index (χ3v) is 4.65. The summed E-state index contributed by atoms with van der Waals surface area (Å²) in [5, 5.41) is 17.6. The molecule has 0 aliphatic heterocycles. The van der Waals surface area contributed by atoms with Crippen molar-refractivity contribution >= 4 is 29.0 Å². The minimum Gasteiger partial charge on any atom is -0.305 e. The fraction of sp³-hybridized carbons (Fsp3) is 0.167. The number of nitrogens with one attached hydrogen (secondary N) is 2. The topological polar surface area (TPSA) is 101 Å². The highest BCUT2D eigenvalue weighted by Gasteiger charge is 2.27. The van der Waals surface area contributed by atoms with Gasteiger partial charge in [0, 0.05) is 11.8 Å². The molecule has 0 aliphatic rings. The first-order chi connectivity index (χ1) is 12.9. The molecule has 8 nitrogen and oxygen atoms in total. The van der Waals surface area contributed by atoms with Crippen molar-refractivity contribution in [1.82, 2.24) is 30.0 Å². The molecule has 1 aromatic carbocycles. The van der Waals surface area contributed by atoms with Gasteiger partial charge in [-0.05, 0) is 43.7 Å². The molecular formula is C18H16ClN7O. The second kappa shape index (κ2) is 6.48. The van der Waals surface area contributed by atoms with Gasteiger partial charge < -0.3 is 9.72 Å². The number of aromatic nitrogens is 6. The minimum absolute atomic E-state index is 0.242. The zero-order chi connectivity index (χ0) is 19.0. The van der Waals surface area contributed by atoms with Gasteiger partial charge in [-0.2, -0.15) is 5.21 Å². The summed E-state index contributed by atoms with van der Waals surface area (Å²) < 4.78 is 1.76. The summed E-state index contributed by atoms with van der Waals surface area (Å²) in [4.78, 5) is 16.9. The number of carbonyl (C=O) groups is 1. The third-order valence-electron chi connectivity index (χ3n) is 4.43. The number of carbonyl (C=O) groups excluding carboxylic acids is 1. The summed E-state index contributed by atoms with van der Waals surface area (Å²) in [6.07, 6.45) is 3.45. The lowest BCUT2D eigenvalue weighted by molar-refractivity contribution is 0.102. The number of rotatable bonds is 4. The van der Waals surface area contributed by atoms with E-state index in [1.807, 2.05) is 26.0 Å². The quantitative estimate of drug-likeness (QED) is 0.565. The minimum atomic E-state index is -0.428. The van der Waals surface area contributed by atoms with Crippen LogP contribution in [0.3, 0.4) is 0 Å². The molecule has 0 fully saturated rings. The smallest absolute Gasteiger partial charge is 0.256 e. The highest BCUT2D eigenvalue weighted by molar-refractivity contribution is 6.30. The van der Waals surface area contributed by atoms with E-state index < -0.39 is 5.41 Å². The van der Waals surface area contributed by atoms with Gasteiger partial charge in [0.2, 0.25) is 0 Å². The van der Waals surface area contributed by atoms with E-state index in [4.69, 9.17) is 11.6 Å². The largest absolute Gasteiger partial charge is 0.305 e. The van der Waals surface area contributed by atoms with Crippen LogP contribution in [0.5, 0.6) is 0 Å². The van der Waals surface area contributed by atoms with E-state index in [2.05, 4.69) is 30.9 Å². The first-order valence-corrected chi connectivity index (χ1v) is 8.61. The molecule has 0 atom stereocenters. The third kappa shape index (κ3) is 3.26. The van der Waals surface area contributed by atoms with Gasteiger partial charge >= 0.3 is 0 Å². The fourth-order valence-corrected chi connectivity index (χ4v) is 2.98. The Bertz CT molecular complexity index is 1100. The van der Waals surface area contributed by atoms with E-state index in [1.54, 1.807) is 41.1 Å². The highest BCUT2D eigenvalue weighted by Crippen LogP contribution is 2.28. The Labute approximate surface area is 159 Å². The summed E-state index contributed by atoms with van der Waals surface area (Å²) in [7, 11) is 0. The summed E-state index contributed by atoms with van der Waals surface area (Å²) >= 11 is 5.97. The number of fused-ring (bicyclic) bond motifs is 1. The van der Waals surface area contributed by atoms with E-state index in [9.17, 15) is 4.79 Å². The van der Waals surface area contributed by atoms with Crippen molar-refractivity contribution in [2.45, 2.75) is 19.3 Å². The van der Waals surface area contributed by atoms with Gasteiger partial charge in [-0.25, -0.2) is 4.98 Å². The molecule has 0 saturated carbocycles. The Morgan fingerprint density at radius 1 is 1.15 bits per heavy atom. The number of nitrogens with zero attached hydrogens (tertiary/aromatic N) is 5. The number of anilines is 1. The standard InChI is InChI=1S/C18H16ClN7O/c1-18(2,17-22-24-25-23-17)12-5-3-11(4-6-12)16(27)21-14-10-26-9-13(19)7-8-15(26)20-14/h3-10H,1-2H3,(H,21,27)(H,22,23,24,25). The normalized spacial score (nSPS) is 11.7. The monoisotopic (exact) mass is 381 g/mol. The van der Waals surface area contributed by atoms with Gasteiger partial charge in [-0.15, -0.1) is 10.2 Å². The Morgan fingerprint density at radius 3 is 2.63 bits per heavy atom. The lowest BCUT2D eigenvalue weighted by atomic mass is 9.83.